The fraction of sp³-hybridized carbons (Fsp3) is 0.800. The van der Waals surface area contributed by atoms with Gasteiger partial charge in [-0.25, -0.2) is 0 Å². The van der Waals surface area contributed by atoms with Gasteiger partial charge in [-0.15, -0.1) is 0 Å². The van der Waals surface area contributed by atoms with Gasteiger partial charge in [0, 0.05) is 0 Å². The zero-order valence-electron chi connectivity index (χ0n) is 4.49. The van der Waals surface area contributed by atoms with E-state index in [0.29, 0.717) is 0 Å². The van der Waals surface area contributed by atoms with Crippen LogP contribution in [0, 0.1) is 0 Å². The Morgan fingerprint density at radius 3 is 2.17 bits per heavy atom. The molecule has 0 aliphatic heterocycles. The average molecular weight is 80.9 g/mol. The van der Waals surface area contributed by atoms with Gasteiger partial charge in [-0.2, -0.15) is 0 Å². The van der Waals surface area contributed by atoms with Crippen molar-refractivity contribution in [2.45, 2.75) is 26.7 Å². The van der Waals surface area contributed by atoms with Crippen molar-refractivity contribution in [3.05, 3.63) is 0 Å². The van der Waals surface area contributed by atoms with E-state index in [9.17, 15) is 0 Å². The summed E-state index contributed by atoms with van der Waals surface area (Å²) in [6.45, 7) is 4.07. The molecule has 0 heterocycles. The molecular formula is C5H10B. The summed E-state index contributed by atoms with van der Waals surface area (Å²) in [5.74, 6) is 0. The van der Waals surface area contributed by atoms with Crippen LogP contribution in [0.5, 0.6) is 0 Å². The normalized spacial score (nSPS) is 8.17. The van der Waals surface area contributed by atoms with Crippen molar-refractivity contribution in [1.29, 1.82) is 0 Å². The Hall–Kier alpha value is -0.0651. The molecule has 0 aromatic carbocycles. The molecule has 0 bridgehead atoms. The Bertz CT molecular complexity index is 47.9. The van der Waals surface area contributed by atoms with Crippen LogP contribution in [0.15, 0.2) is 0 Å². The predicted molar refractivity (Wildman–Crippen MR) is 31.3 cm³/mol. The summed E-state index contributed by atoms with van der Waals surface area (Å²) in [5, 5.41) is 0. The van der Waals surface area contributed by atoms with Gasteiger partial charge in [0.15, 0.2) is 0 Å². The van der Waals surface area contributed by atoms with Crippen LogP contribution in [0.25, 0.3) is 0 Å². The molecule has 0 aliphatic carbocycles. The van der Waals surface area contributed by atoms with Gasteiger partial charge >= 0.3 is 39.6 Å². The molecule has 0 rings (SSSR count). The van der Waals surface area contributed by atoms with Crippen LogP contribution in [0.2, 0.25) is 0 Å². The van der Waals surface area contributed by atoms with Crippen molar-refractivity contribution < 1.29 is 0 Å². The molecule has 0 spiro atoms. The third-order valence-corrected chi connectivity index (χ3v) is 0.644. The van der Waals surface area contributed by atoms with E-state index in [2.05, 4.69) is 6.92 Å². The fourth-order valence-electron chi connectivity index (χ4n) is 0.394. The third kappa shape index (κ3) is 3.93. The zero-order valence-corrected chi connectivity index (χ0v) is 4.49. The molecule has 0 nitrogen and oxygen atoms in total. The molecule has 0 aromatic rings. The van der Waals surface area contributed by atoms with Crippen molar-refractivity contribution in [2.75, 3.05) is 0 Å². The second-order valence-electron chi connectivity index (χ2n) is 1.60. The number of hydrogen-bond acceptors (Lipinski definition) is 0. The van der Waals surface area contributed by atoms with Crippen LogP contribution >= 0.6 is 0 Å². The average Bonchev–Trinajstić information content (AvgIpc) is 1.35. The number of hydrogen-bond donors (Lipinski definition) is 0. The van der Waals surface area contributed by atoms with Crippen LogP contribution in [0.4, 0.5) is 0 Å². The molecular weight excluding hydrogens is 70.9 g/mol. The van der Waals surface area contributed by atoms with Crippen LogP contribution in [0.1, 0.15) is 26.7 Å². The molecule has 0 N–H and O–H groups in total. The van der Waals surface area contributed by atoms with Crippen molar-refractivity contribution in [3.8, 4) is 0 Å². The first kappa shape index (κ1) is 5.93. The summed E-state index contributed by atoms with van der Waals surface area (Å²) >= 11 is 0. The van der Waals surface area contributed by atoms with E-state index in [0.717, 1.165) is 11.9 Å². The Morgan fingerprint density at radius 2 is 2.17 bits per heavy atom. The summed E-state index contributed by atoms with van der Waals surface area (Å²) in [6.07, 6.45) is 2.24. The Morgan fingerprint density at radius 1 is 1.67 bits per heavy atom. The molecule has 0 amide bonds. The molecule has 0 unspecified atom stereocenters. The van der Waals surface area contributed by atoms with Crippen molar-refractivity contribution in [3.63, 3.8) is 0 Å². The molecule has 0 atom stereocenters. The first-order valence-electron chi connectivity index (χ1n) is 2.35. The summed E-state index contributed by atoms with van der Waals surface area (Å²) in [7, 11) is 5.32. The van der Waals surface area contributed by atoms with Crippen molar-refractivity contribution >= 4 is 13.0 Å². The Labute approximate surface area is 40.6 Å². The van der Waals surface area contributed by atoms with Gasteiger partial charge in [0.05, 0.1) is 0 Å². The van der Waals surface area contributed by atoms with Gasteiger partial charge in [-0.1, -0.05) is 0 Å². The monoisotopic (exact) mass is 81.1 g/mol. The van der Waals surface area contributed by atoms with E-state index >= 15 is 0 Å². The van der Waals surface area contributed by atoms with Crippen LogP contribution < -0.4 is 0 Å². The van der Waals surface area contributed by atoms with E-state index in [1.165, 1.54) is 6.42 Å². The van der Waals surface area contributed by atoms with Gasteiger partial charge in [0.2, 0.25) is 0 Å². The molecule has 1 heteroatoms. The standard InChI is InChI=1S/C5H10B/c1-3-4-5(2)6/h3-4H2,1-2H3. The maximum absolute atomic E-state index is 5.32. The molecule has 0 fully saturated rings. The summed E-state index contributed by atoms with van der Waals surface area (Å²) in [6, 6.07) is 0. The van der Waals surface area contributed by atoms with Gasteiger partial charge < -0.3 is 0 Å². The molecule has 0 saturated heterocycles. The summed E-state index contributed by atoms with van der Waals surface area (Å²) < 4.78 is 0. The number of rotatable bonds is 2. The topological polar surface area (TPSA) is 0 Å². The third-order valence-electron chi connectivity index (χ3n) is 0.644. The van der Waals surface area contributed by atoms with Crippen LogP contribution in [-0.4, -0.2) is 13.0 Å². The van der Waals surface area contributed by atoms with Crippen molar-refractivity contribution in [2.24, 2.45) is 0 Å². The first-order chi connectivity index (χ1) is 2.77. The van der Waals surface area contributed by atoms with Crippen molar-refractivity contribution in [1.82, 2.24) is 0 Å². The van der Waals surface area contributed by atoms with E-state index in [1.807, 2.05) is 6.92 Å². The SMILES string of the molecule is [B]=C(C)CCC. The second-order valence-corrected chi connectivity index (χ2v) is 1.60. The van der Waals surface area contributed by atoms with E-state index < -0.39 is 0 Å². The minimum atomic E-state index is 1.04. The van der Waals surface area contributed by atoms with Crippen LogP contribution in [0.3, 0.4) is 0 Å². The van der Waals surface area contributed by atoms with E-state index in [-0.39, 0.29) is 0 Å². The van der Waals surface area contributed by atoms with Gasteiger partial charge in [0.25, 0.3) is 0 Å². The molecule has 0 aromatic heterocycles. The van der Waals surface area contributed by atoms with Gasteiger partial charge in [0.1, 0.15) is 0 Å². The maximum atomic E-state index is 5.32. The first-order valence-corrected chi connectivity index (χ1v) is 2.35. The second kappa shape index (κ2) is 3.14. The molecule has 0 saturated carbocycles. The summed E-state index contributed by atoms with van der Waals surface area (Å²) in [5.41, 5.74) is 1.04. The molecule has 33 valence electrons. The minimum absolute atomic E-state index is 1.04. The zero-order chi connectivity index (χ0) is 4.99. The van der Waals surface area contributed by atoms with Gasteiger partial charge in [-0.05, 0) is 0 Å². The fourth-order valence-corrected chi connectivity index (χ4v) is 0.394. The predicted octanol–water partition coefficient (Wildman–Crippen LogP) is 1.15. The van der Waals surface area contributed by atoms with Crippen LogP contribution in [-0.2, 0) is 0 Å². The van der Waals surface area contributed by atoms with E-state index in [4.69, 9.17) is 7.49 Å². The Balaban J connectivity index is 2.83. The van der Waals surface area contributed by atoms with Gasteiger partial charge in [-0.3, -0.25) is 0 Å². The summed E-state index contributed by atoms with van der Waals surface area (Å²) in [4.78, 5) is 0. The quantitative estimate of drug-likeness (QED) is 0.437. The molecule has 0 aliphatic rings. The molecule has 6 heavy (non-hydrogen) atoms. The van der Waals surface area contributed by atoms with E-state index in [1.54, 1.807) is 0 Å². The molecule has 1 radical (unpaired) electrons. The Kier molecular flexibility index (Phi) is 3.10.